The third kappa shape index (κ3) is 3.75. The molecule has 0 bridgehead atoms. The third-order valence-electron chi connectivity index (χ3n) is 3.04. The maximum atomic E-state index is 6.15. The summed E-state index contributed by atoms with van der Waals surface area (Å²) in [4.78, 5) is 2.35. The molecule has 0 spiro atoms. The van der Waals surface area contributed by atoms with Crippen LogP contribution in [0, 0.1) is 0 Å². The van der Waals surface area contributed by atoms with E-state index in [1.165, 1.54) is 0 Å². The fourth-order valence-corrected chi connectivity index (χ4v) is 2.48. The Hall–Kier alpha value is -0.480. The molecule has 2 rings (SSSR count). The molecule has 0 radical (unpaired) electrons. The van der Waals surface area contributed by atoms with Gasteiger partial charge in [-0.15, -0.1) is 12.4 Å². The van der Waals surface area contributed by atoms with Gasteiger partial charge in [-0.2, -0.15) is 0 Å². The summed E-state index contributed by atoms with van der Waals surface area (Å²) in [5, 5.41) is 0.688. The monoisotopic (exact) mass is 290 g/mol. The molecule has 1 atom stereocenters. The Morgan fingerprint density at radius 2 is 2.28 bits per heavy atom. The number of halogens is 2. The summed E-state index contributed by atoms with van der Waals surface area (Å²) in [6.45, 7) is 5.48. The van der Waals surface area contributed by atoms with E-state index in [0.717, 1.165) is 37.4 Å². The minimum Gasteiger partial charge on any atom is -0.492 e. The average Bonchev–Trinajstić information content (AvgIpc) is 2.69. The minimum atomic E-state index is 0. The van der Waals surface area contributed by atoms with Crippen LogP contribution in [0.2, 0.25) is 5.02 Å². The van der Waals surface area contributed by atoms with E-state index in [1.54, 1.807) is 0 Å². The van der Waals surface area contributed by atoms with Crippen molar-refractivity contribution in [2.45, 2.75) is 25.9 Å². The van der Waals surface area contributed by atoms with E-state index in [0.29, 0.717) is 17.7 Å². The molecule has 5 heteroatoms. The van der Waals surface area contributed by atoms with E-state index in [1.807, 2.05) is 19.1 Å². The lowest BCUT2D eigenvalue weighted by atomic mass is 10.2. The van der Waals surface area contributed by atoms with Crippen molar-refractivity contribution in [3.63, 3.8) is 0 Å². The SMILES string of the molecule is CCOc1c(Cl)cccc1CN1CC[C@H](N)C1.Cl. The summed E-state index contributed by atoms with van der Waals surface area (Å²) >= 11 is 6.15. The molecule has 102 valence electrons. The zero-order chi connectivity index (χ0) is 12.3. The highest BCUT2D eigenvalue weighted by Gasteiger charge is 2.20. The Morgan fingerprint density at radius 3 is 2.89 bits per heavy atom. The first-order valence-corrected chi connectivity index (χ1v) is 6.46. The molecule has 2 N–H and O–H groups in total. The first kappa shape index (κ1) is 15.6. The second-order valence-corrected chi connectivity index (χ2v) is 4.85. The van der Waals surface area contributed by atoms with Crippen LogP contribution in [0.3, 0.4) is 0 Å². The zero-order valence-electron chi connectivity index (χ0n) is 10.6. The summed E-state index contributed by atoms with van der Waals surface area (Å²) in [5.41, 5.74) is 7.05. The second-order valence-electron chi connectivity index (χ2n) is 4.44. The van der Waals surface area contributed by atoms with Crippen molar-refractivity contribution in [3.05, 3.63) is 28.8 Å². The lowest BCUT2D eigenvalue weighted by Gasteiger charge is -2.18. The number of likely N-dealkylation sites (tertiary alicyclic amines) is 1. The van der Waals surface area contributed by atoms with E-state index >= 15 is 0 Å². The van der Waals surface area contributed by atoms with Gasteiger partial charge in [0.15, 0.2) is 0 Å². The number of rotatable bonds is 4. The Labute approximate surface area is 120 Å². The Morgan fingerprint density at radius 1 is 1.50 bits per heavy atom. The van der Waals surface area contributed by atoms with Gasteiger partial charge in [0, 0.05) is 31.2 Å². The fourth-order valence-electron chi connectivity index (χ4n) is 2.23. The molecule has 1 aliphatic heterocycles. The minimum absolute atomic E-state index is 0. The Kier molecular flexibility index (Phi) is 6.22. The van der Waals surface area contributed by atoms with E-state index < -0.39 is 0 Å². The van der Waals surface area contributed by atoms with Gasteiger partial charge < -0.3 is 10.5 Å². The van der Waals surface area contributed by atoms with Crippen molar-refractivity contribution in [3.8, 4) is 5.75 Å². The smallest absolute Gasteiger partial charge is 0.142 e. The summed E-state index contributed by atoms with van der Waals surface area (Å²) in [6.07, 6.45) is 1.07. The molecular weight excluding hydrogens is 271 g/mol. The highest BCUT2D eigenvalue weighted by Crippen LogP contribution is 2.30. The summed E-state index contributed by atoms with van der Waals surface area (Å²) < 4.78 is 5.62. The number of hydrogen-bond acceptors (Lipinski definition) is 3. The van der Waals surface area contributed by atoms with Crippen LogP contribution in [-0.2, 0) is 6.54 Å². The highest BCUT2D eigenvalue weighted by atomic mass is 35.5. The van der Waals surface area contributed by atoms with Crippen molar-refractivity contribution in [1.29, 1.82) is 0 Å². The predicted molar refractivity (Wildman–Crippen MR) is 77.7 cm³/mol. The molecule has 0 aliphatic carbocycles. The second kappa shape index (κ2) is 7.19. The predicted octanol–water partition coefficient (Wildman–Crippen LogP) is 2.69. The van der Waals surface area contributed by atoms with Gasteiger partial charge in [-0.1, -0.05) is 23.7 Å². The topological polar surface area (TPSA) is 38.5 Å². The first-order valence-electron chi connectivity index (χ1n) is 6.08. The van der Waals surface area contributed by atoms with Crippen LogP contribution < -0.4 is 10.5 Å². The van der Waals surface area contributed by atoms with Gasteiger partial charge in [-0.05, 0) is 19.4 Å². The standard InChI is InChI=1S/C13H19ClN2O.ClH/c1-2-17-13-10(4-3-5-12(13)14)8-16-7-6-11(15)9-16;/h3-5,11H,2,6-9,15H2,1H3;1H/t11-;/m0./s1. The summed E-state index contributed by atoms with van der Waals surface area (Å²) in [6, 6.07) is 6.22. The van der Waals surface area contributed by atoms with Crippen LogP contribution in [0.1, 0.15) is 18.9 Å². The lowest BCUT2D eigenvalue weighted by molar-refractivity contribution is 0.302. The molecule has 0 saturated carbocycles. The van der Waals surface area contributed by atoms with Crippen LogP contribution in [0.5, 0.6) is 5.75 Å². The maximum Gasteiger partial charge on any atom is 0.142 e. The molecule has 0 aromatic heterocycles. The molecule has 3 nitrogen and oxygen atoms in total. The van der Waals surface area contributed by atoms with Gasteiger partial charge in [-0.3, -0.25) is 4.90 Å². The van der Waals surface area contributed by atoms with Gasteiger partial charge in [0.25, 0.3) is 0 Å². The van der Waals surface area contributed by atoms with Crippen LogP contribution in [0.25, 0.3) is 0 Å². The van der Waals surface area contributed by atoms with Crippen LogP contribution in [-0.4, -0.2) is 30.6 Å². The molecule has 1 aliphatic rings. The van der Waals surface area contributed by atoms with Crippen molar-refractivity contribution >= 4 is 24.0 Å². The van der Waals surface area contributed by atoms with Crippen molar-refractivity contribution in [2.24, 2.45) is 5.73 Å². The van der Waals surface area contributed by atoms with E-state index in [-0.39, 0.29) is 12.4 Å². The molecule has 1 aromatic carbocycles. The van der Waals surface area contributed by atoms with Crippen molar-refractivity contribution in [2.75, 3.05) is 19.7 Å². The van der Waals surface area contributed by atoms with E-state index in [4.69, 9.17) is 22.1 Å². The van der Waals surface area contributed by atoms with E-state index in [2.05, 4.69) is 11.0 Å². The van der Waals surface area contributed by atoms with Gasteiger partial charge in [0.05, 0.1) is 11.6 Å². The van der Waals surface area contributed by atoms with Crippen LogP contribution in [0.4, 0.5) is 0 Å². The number of nitrogens with two attached hydrogens (primary N) is 1. The third-order valence-corrected chi connectivity index (χ3v) is 3.34. The van der Waals surface area contributed by atoms with Crippen LogP contribution in [0.15, 0.2) is 18.2 Å². The van der Waals surface area contributed by atoms with Crippen molar-refractivity contribution in [1.82, 2.24) is 4.90 Å². The number of benzene rings is 1. The molecule has 1 heterocycles. The molecule has 1 fully saturated rings. The number of nitrogens with zero attached hydrogens (tertiary/aromatic N) is 1. The molecule has 18 heavy (non-hydrogen) atoms. The van der Waals surface area contributed by atoms with E-state index in [9.17, 15) is 0 Å². The lowest BCUT2D eigenvalue weighted by Crippen LogP contribution is -2.26. The van der Waals surface area contributed by atoms with Gasteiger partial charge in [0.1, 0.15) is 5.75 Å². The molecule has 0 amide bonds. The number of ether oxygens (including phenoxy) is 1. The Balaban J connectivity index is 0.00000162. The number of para-hydroxylation sites is 1. The Bertz CT molecular complexity index is 387. The largest absolute Gasteiger partial charge is 0.492 e. The summed E-state index contributed by atoms with van der Waals surface area (Å²) in [7, 11) is 0. The van der Waals surface area contributed by atoms with Crippen molar-refractivity contribution < 1.29 is 4.74 Å². The molecule has 1 aromatic rings. The maximum absolute atomic E-state index is 6.15. The number of hydrogen-bond donors (Lipinski definition) is 1. The normalized spacial score (nSPS) is 19.6. The van der Waals surface area contributed by atoms with Gasteiger partial charge >= 0.3 is 0 Å². The van der Waals surface area contributed by atoms with Gasteiger partial charge in [-0.25, -0.2) is 0 Å². The molecule has 1 saturated heterocycles. The molecule has 0 unspecified atom stereocenters. The average molecular weight is 291 g/mol. The molecular formula is C13H20Cl2N2O. The fraction of sp³-hybridized carbons (Fsp3) is 0.538. The highest BCUT2D eigenvalue weighted by molar-refractivity contribution is 6.32. The quantitative estimate of drug-likeness (QED) is 0.927. The first-order chi connectivity index (χ1) is 8.20. The van der Waals surface area contributed by atoms with Gasteiger partial charge in [0.2, 0.25) is 0 Å². The summed E-state index contributed by atoms with van der Waals surface area (Å²) in [5.74, 6) is 0.817. The zero-order valence-corrected chi connectivity index (χ0v) is 12.1. The van der Waals surface area contributed by atoms with Crippen LogP contribution >= 0.6 is 24.0 Å².